The van der Waals surface area contributed by atoms with E-state index < -0.39 is 0 Å². The van der Waals surface area contributed by atoms with Crippen LogP contribution < -0.4 is 0 Å². The molecule has 3 heterocycles. The van der Waals surface area contributed by atoms with Crippen LogP contribution >= 0.6 is 0 Å². The Morgan fingerprint density at radius 3 is 2.92 bits per heavy atom. The second-order valence-corrected chi connectivity index (χ2v) is 6.09. The fraction of sp³-hybridized carbons (Fsp3) is 0.211. The summed E-state index contributed by atoms with van der Waals surface area (Å²) < 4.78 is 13.4. The standard InChI is InChI=1S/C19H17FN4O/c20-15-3-1-2-13(10-15)11-17(25)24-9-6-16-18(23-12-22-16)19(24)14-4-7-21-8-5-14/h1-5,7-8,10,12,19H,6,9,11H2,(H,22,23)/t19-/m0/s1. The molecule has 2 aromatic heterocycles. The number of fused-ring (bicyclic) bond motifs is 1. The summed E-state index contributed by atoms with van der Waals surface area (Å²) in [6.45, 7) is 0.594. The fourth-order valence-electron chi connectivity index (χ4n) is 3.35. The van der Waals surface area contributed by atoms with E-state index in [-0.39, 0.29) is 24.2 Å². The molecule has 1 atom stereocenters. The highest BCUT2D eigenvalue weighted by Crippen LogP contribution is 2.33. The molecule has 1 aromatic carbocycles. The molecule has 0 saturated heterocycles. The van der Waals surface area contributed by atoms with Crippen LogP contribution in [0.5, 0.6) is 0 Å². The molecule has 0 fully saturated rings. The third-order valence-electron chi connectivity index (χ3n) is 4.51. The van der Waals surface area contributed by atoms with Gasteiger partial charge in [0, 0.05) is 31.1 Å². The van der Waals surface area contributed by atoms with Crippen molar-refractivity contribution in [1.82, 2.24) is 19.9 Å². The zero-order valence-electron chi connectivity index (χ0n) is 13.5. The van der Waals surface area contributed by atoms with E-state index in [2.05, 4.69) is 15.0 Å². The van der Waals surface area contributed by atoms with Crippen LogP contribution in [0.4, 0.5) is 4.39 Å². The maximum Gasteiger partial charge on any atom is 0.227 e. The molecule has 1 aliphatic rings. The number of benzene rings is 1. The lowest BCUT2D eigenvalue weighted by atomic mass is 9.95. The highest BCUT2D eigenvalue weighted by molar-refractivity contribution is 5.80. The van der Waals surface area contributed by atoms with Crippen LogP contribution in [0.1, 0.15) is 28.6 Å². The van der Waals surface area contributed by atoms with Gasteiger partial charge in [-0.3, -0.25) is 9.78 Å². The molecule has 126 valence electrons. The van der Waals surface area contributed by atoms with Gasteiger partial charge in [-0.15, -0.1) is 0 Å². The number of hydrogen-bond donors (Lipinski definition) is 1. The number of H-pyrrole nitrogens is 1. The Hall–Kier alpha value is -3.02. The van der Waals surface area contributed by atoms with Crippen molar-refractivity contribution >= 4 is 5.91 Å². The molecule has 1 aliphatic heterocycles. The molecule has 6 heteroatoms. The number of carbonyl (C=O) groups excluding carboxylic acids is 1. The van der Waals surface area contributed by atoms with Crippen molar-refractivity contribution in [3.05, 3.63) is 83.5 Å². The third kappa shape index (κ3) is 3.03. The molecule has 4 rings (SSSR count). The predicted octanol–water partition coefficient (Wildman–Crippen LogP) is 2.66. The number of rotatable bonds is 3. The molecule has 0 bridgehead atoms. The number of aromatic nitrogens is 3. The Morgan fingerprint density at radius 2 is 2.12 bits per heavy atom. The number of amides is 1. The smallest absolute Gasteiger partial charge is 0.227 e. The zero-order chi connectivity index (χ0) is 17.2. The van der Waals surface area contributed by atoms with Crippen LogP contribution in [0.3, 0.4) is 0 Å². The number of imidazole rings is 1. The Balaban J connectivity index is 1.66. The molecule has 0 unspecified atom stereocenters. The van der Waals surface area contributed by atoms with E-state index in [1.165, 1.54) is 12.1 Å². The Kier molecular flexibility index (Phi) is 4.01. The molecule has 1 N–H and O–H groups in total. The SMILES string of the molecule is O=C(Cc1cccc(F)c1)N1CCc2[nH]cnc2[C@@H]1c1ccncc1. The minimum Gasteiger partial charge on any atom is -0.348 e. The molecular formula is C19H17FN4O. The Bertz CT molecular complexity index is 893. The van der Waals surface area contributed by atoms with E-state index in [0.717, 1.165) is 23.4 Å². The lowest BCUT2D eigenvalue weighted by molar-refractivity contribution is -0.132. The normalized spacial score (nSPS) is 16.5. The summed E-state index contributed by atoms with van der Waals surface area (Å²) in [6, 6.07) is 9.73. The third-order valence-corrected chi connectivity index (χ3v) is 4.51. The van der Waals surface area contributed by atoms with Gasteiger partial charge >= 0.3 is 0 Å². The number of halogens is 1. The van der Waals surface area contributed by atoms with Gasteiger partial charge < -0.3 is 9.88 Å². The van der Waals surface area contributed by atoms with Gasteiger partial charge in [-0.25, -0.2) is 9.37 Å². The summed E-state index contributed by atoms with van der Waals surface area (Å²) in [6.07, 6.45) is 5.99. The second-order valence-electron chi connectivity index (χ2n) is 6.09. The Labute approximate surface area is 144 Å². The average molecular weight is 336 g/mol. The van der Waals surface area contributed by atoms with Gasteiger partial charge in [0.1, 0.15) is 11.9 Å². The van der Waals surface area contributed by atoms with E-state index in [1.54, 1.807) is 30.9 Å². The van der Waals surface area contributed by atoms with E-state index >= 15 is 0 Å². The number of aromatic amines is 1. The van der Waals surface area contributed by atoms with Crippen molar-refractivity contribution in [2.75, 3.05) is 6.54 Å². The quantitative estimate of drug-likeness (QED) is 0.800. The second kappa shape index (κ2) is 6.47. The van der Waals surface area contributed by atoms with Crippen molar-refractivity contribution in [2.45, 2.75) is 18.9 Å². The highest BCUT2D eigenvalue weighted by atomic mass is 19.1. The first kappa shape index (κ1) is 15.5. The van der Waals surface area contributed by atoms with E-state index in [9.17, 15) is 9.18 Å². The molecule has 0 saturated carbocycles. The minimum absolute atomic E-state index is 0.0407. The monoisotopic (exact) mass is 336 g/mol. The van der Waals surface area contributed by atoms with Crippen molar-refractivity contribution < 1.29 is 9.18 Å². The highest BCUT2D eigenvalue weighted by Gasteiger charge is 2.33. The summed E-state index contributed by atoms with van der Waals surface area (Å²) in [5.74, 6) is -0.370. The number of carbonyl (C=O) groups is 1. The van der Waals surface area contributed by atoms with Gasteiger partial charge in [0.25, 0.3) is 0 Å². The first-order chi connectivity index (χ1) is 12.2. The van der Waals surface area contributed by atoms with Crippen LogP contribution in [0, 0.1) is 5.82 Å². The lowest BCUT2D eigenvalue weighted by Gasteiger charge is -2.35. The van der Waals surface area contributed by atoms with Gasteiger partial charge in [-0.2, -0.15) is 0 Å². The number of nitrogens with zero attached hydrogens (tertiary/aromatic N) is 3. The topological polar surface area (TPSA) is 61.9 Å². The molecule has 3 aromatic rings. The largest absolute Gasteiger partial charge is 0.348 e. The van der Waals surface area contributed by atoms with Crippen LogP contribution in [-0.2, 0) is 17.6 Å². The van der Waals surface area contributed by atoms with Crippen molar-refractivity contribution in [1.29, 1.82) is 0 Å². The van der Waals surface area contributed by atoms with Crippen LogP contribution in [0.15, 0.2) is 55.1 Å². The molecule has 1 amide bonds. The first-order valence-corrected chi connectivity index (χ1v) is 8.18. The van der Waals surface area contributed by atoms with Crippen LogP contribution in [-0.4, -0.2) is 32.3 Å². The molecule has 5 nitrogen and oxygen atoms in total. The molecule has 0 radical (unpaired) electrons. The number of pyridine rings is 1. The number of nitrogens with one attached hydrogen (secondary N) is 1. The zero-order valence-corrected chi connectivity index (χ0v) is 13.5. The fourth-order valence-corrected chi connectivity index (χ4v) is 3.35. The minimum atomic E-state index is -0.329. The van der Waals surface area contributed by atoms with Gasteiger partial charge in [-0.1, -0.05) is 12.1 Å². The maximum absolute atomic E-state index is 13.4. The van der Waals surface area contributed by atoms with Gasteiger partial charge in [0.15, 0.2) is 0 Å². The predicted molar refractivity (Wildman–Crippen MR) is 90.2 cm³/mol. The van der Waals surface area contributed by atoms with Crippen LogP contribution in [0.2, 0.25) is 0 Å². The Morgan fingerprint density at radius 1 is 1.28 bits per heavy atom. The molecular weight excluding hydrogens is 319 g/mol. The summed E-state index contributed by atoms with van der Waals surface area (Å²) >= 11 is 0. The summed E-state index contributed by atoms with van der Waals surface area (Å²) in [5, 5.41) is 0. The van der Waals surface area contributed by atoms with E-state index in [1.807, 2.05) is 17.0 Å². The van der Waals surface area contributed by atoms with Gasteiger partial charge in [-0.05, 0) is 35.4 Å². The lowest BCUT2D eigenvalue weighted by Crippen LogP contribution is -2.41. The van der Waals surface area contributed by atoms with E-state index in [4.69, 9.17) is 0 Å². The summed E-state index contributed by atoms with van der Waals surface area (Å²) in [7, 11) is 0. The average Bonchev–Trinajstić information content (AvgIpc) is 3.10. The van der Waals surface area contributed by atoms with Crippen molar-refractivity contribution in [2.24, 2.45) is 0 Å². The summed E-state index contributed by atoms with van der Waals surface area (Å²) in [4.78, 5) is 26.4. The van der Waals surface area contributed by atoms with Crippen LogP contribution in [0.25, 0.3) is 0 Å². The van der Waals surface area contributed by atoms with Crippen molar-refractivity contribution in [3.63, 3.8) is 0 Å². The number of hydrogen-bond acceptors (Lipinski definition) is 3. The van der Waals surface area contributed by atoms with E-state index in [0.29, 0.717) is 12.1 Å². The van der Waals surface area contributed by atoms with Gasteiger partial charge in [0.2, 0.25) is 5.91 Å². The molecule has 0 spiro atoms. The molecule has 0 aliphatic carbocycles. The van der Waals surface area contributed by atoms with Gasteiger partial charge in [0.05, 0.1) is 18.4 Å². The first-order valence-electron chi connectivity index (χ1n) is 8.18. The molecule has 25 heavy (non-hydrogen) atoms. The summed E-state index contributed by atoms with van der Waals surface area (Å²) in [5.41, 5.74) is 3.56. The maximum atomic E-state index is 13.4. The van der Waals surface area contributed by atoms with Crippen molar-refractivity contribution in [3.8, 4) is 0 Å².